The van der Waals surface area contributed by atoms with E-state index in [1.165, 1.54) is 0 Å². The number of rotatable bonds is 2. The summed E-state index contributed by atoms with van der Waals surface area (Å²) in [6.07, 6.45) is 0. The van der Waals surface area contributed by atoms with Crippen LogP contribution in [0.5, 0.6) is 0 Å². The molecule has 0 spiro atoms. The summed E-state index contributed by atoms with van der Waals surface area (Å²) in [6, 6.07) is 15.8. The molecule has 0 radical (unpaired) electrons. The Labute approximate surface area is 107 Å². The van der Waals surface area contributed by atoms with Gasteiger partial charge in [-0.3, -0.25) is 4.57 Å². The maximum atomic E-state index is 12.0. The summed E-state index contributed by atoms with van der Waals surface area (Å²) in [5, 5.41) is 1.03. The molecule has 0 amide bonds. The van der Waals surface area contributed by atoms with E-state index in [4.69, 9.17) is 0 Å². The van der Waals surface area contributed by atoms with Crippen molar-refractivity contribution in [1.29, 1.82) is 0 Å². The van der Waals surface area contributed by atoms with Gasteiger partial charge in [0.25, 0.3) is 0 Å². The molecule has 90 valence electrons. The largest absolute Gasteiger partial charge is 0.326 e. The van der Waals surface area contributed by atoms with E-state index in [1.807, 2.05) is 48.5 Å². The number of para-hydroxylation sites is 1. The average Bonchev–Trinajstić information content (AvgIpc) is 2.69. The van der Waals surface area contributed by atoms with Gasteiger partial charge in [-0.2, -0.15) is 0 Å². The van der Waals surface area contributed by atoms with Crippen molar-refractivity contribution in [1.82, 2.24) is 9.55 Å². The highest BCUT2D eigenvalue weighted by Gasteiger charge is 2.08. The van der Waals surface area contributed by atoms with Crippen LogP contribution >= 0.6 is 9.24 Å². The van der Waals surface area contributed by atoms with E-state index < -0.39 is 0 Å². The van der Waals surface area contributed by atoms with Crippen LogP contribution in [0.25, 0.3) is 11.0 Å². The van der Waals surface area contributed by atoms with Crippen molar-refractivity contribution in [3.63, 3.8) is 0 Å². The van der Waals surface area contributed by atoms with E-state index in [1.54, 1.807) is 4.57 Å². The molecule has 0 aliphatic rings. The monoisotopic (exact) mass is 256 g/mol. The molecule has 0 saturated heterocycles. The van der Waals surface area contributed by atoms with Crippen molar-refractivity contribution >= 4 is 25.6 Å². The number of nitrogens with one attached hydrogen (secondary N) is 1. The summed E-state index contributed by atoms with van der Waals surface area (Å²) in [4.78, 5) is 14.9. The first-order valence-corrected chi connectivity index (χ1v) is 6.34. The number of fused-ring (bicyclic) bond motifs is 1. The van der Waals surface area contributed by atoms with Gasteiger partial charge in [-0.05, 0) is 16.9 Å². The van der Waals surface area contributed by atoms with Crippen LogP contribution in [-0.2, 0) is 6.54 Å². The van der Waals surface area contributed by atoms with Crippen LogP contribution < -0.4 is 11.0 Å². The van der Waals surface area contributed by atoms with Crippen molar-refractivity contribution in [2.24, 2.45) is 0 Å². The molecule has 1 unspecified atom stereocenters. The lowest BCUT2D eigenvalue weighted by Gasteiger charge is -2.05. The van der Waals surface area contributed by atoms with Crippen molar-refractivity contribution in [3.8, 4) is 0 Å². The number of hydrogen-bond donors (Lipinski definition) is 1. The zero-order chi connectivity index (χ0) is 12.5. The van der Waals surface area contributed by atoms with E-state index in [2.05, 4.69) is 14.2 Å². The minimum absolute atomic E-state index is 0.0660. The number of benzene rings is 2. The Balaban J connectivity index is 2.17. The highest BCUT2D eigenvalue weighted by molar-refractivity contribution is 7.28. The number of aromatic nitrogens is 2. The van der Waals surface area contributed by atoms with E-state index >= 15 is 0 Å². The van der Waals surface area contributed by atoms with Gasteiger partial charge in [0.15, 0.2) is 0 Å². The maximum Gasteiger partial charge on any atom is 0.326 e. The lowest BCUT2D eigenvalue weighted by Crippen LogP contribution is -2.18. The van der Waals surface area contributed by atoms with E-state index in [0.717, 1.165) is 21.9 Å². The normalized spacial score (nSPS) is 10.9. The number of H-pyrrole nitrogens is 1. The van der Waals surface area contributed by atoms with Gasteiger partial charge in [-0.25, -0.2) is 4.79 Å². The minimum atomic E-state index is -0.0660. The molecule has 2 aromatic carbocycles. The molecule has 3 rings (SSSR count). The molecule has 1 aromatic heterocycles. The molecule has 18 heavy (non-hydrogen) atoms. The zero-order valence-electron chi connectivity index (χ0n) is 9.76. The van der Waals surface area contributed by atoms with Gasteiger partial charge >= 0.3 is 5.69 Å². The van der Waals surface area contributed by atoms with E-state index in [9.17, 15) is 4.79 Å². The van der Waals surface area contributed by atoms with Crippen LogP contribution in [-0.4, -0.2) is 9.55 Å². The van der Waals surface area contributed by atoms with Crippen molar-refractivity contribution in [2.45, 2.75) is 6.54 Å². The molecule has 1 atom stereocenters. The Morgan fingerprint density at radius 3 is 2.61 bits per heavy atom. The van der Waals surface area contributed by atoms with Gasteiger partial charge < -0.3 is 4.98 Å². The molecule has 0 fully saturated rings. The molecule has 1 N–H and O–H groups in total. The van der Waals surface area contributed by atoms with Crippen molar-refractivity contribution in [3.05, 3.63) is 64.6 Å². The van der Waals surface area contributed by atoms with E-state index in [0.29, 0.717) is 6.54 Å². The summed E-state index contributed by atoms with van der Waals surface area (Å²) in [6.45, 7) is 0.588. The molecule has 0 saturated carbocycles. The Kier molecular flexibility index (Phi) is 2.77. The molecule has 4 heteroatoms. The number of imidazole rings is 1. The second-order valence-electron chi connectivity index (χ2n) is 4.25. The summed E-state index contributed by atoms with van der Waals surface area (Å²) < 4.78 is 1.77. The minimum Gasteiger partial charge on any atom is -0.306 e. The zero-order valence-corrected chi connectivity index (χ0v) is 10.9. The number of hydrogen-bond acceptors (Lipinski definition) is 1. The third-order valence-corrected chi connectivity index (χ3v) is 3.47. The number of aromatic amines is 1. The molecule has 0 aliphatic carbocycles. The van der Waals surface area contributed by atoms with Crippen molar-refractivity contribution < 1.29 is 0 Å². The van der Waals surface area contributed by atoms with Gasteiger partial charge in [-0.15, -0.1) is 9.24 Å². The summed E-state index contributed by atoms with van der Waals surface area (Å²) in [5.74, 6) is 0. The Hall–Kier alpha value is -1.86. The Morgan fingerprint density at radius 2 is 1.83 bits per heavy atom. The summed E-state index contributed by atoms with van der Waals surface area (Å²) in [5.41, 5.74) is 2.89. The molecular weight excluding hydrogens is 243 g/mol. The van der Waals surface area contributed by atoms with Gasteiger partial charge in [0.1, 0.15) is 0 Å². The van der Waals surface area contributed by atoms with Crippen molar-refractivity contribution in [2.75, 3.05) is 0 Å². The second-order valence-corrected chi connectivity index (χ2v) is 4.87. The quantitative estimate of drug-likeness (QED) is 0.698. The third-order valence-electron chi connectivity index (χ3n) is 3.01. The van der Waals surface area contributed by atoms with Crippen LogP contribution in [0, 0.1) is 0 Å². The smallest absolute Gasteiger partial charge is 0.306 e. The molecule has 3 aromatic rings. The van der Waals surface area contributed by atoms with Gasteiger partial charge in [-0.1, -0.05) is 42.5 Å². The first-order valence-electron chi connectivity index (χ1n) is 5.76. The molecule has 0 bridgehead atoms. The maximum absolute atomic E-state index is 12.0. The SMILES string of the molecule is O=c1[nH]c2cccc(P)c2n1Cc1ccccc1. The van der Waals surface area contributed by atoms with Gasteiger partial charge in [0.2, 0.25) is 0 Å². The third kappa shape index (κ3) is 1.87. The predicted molar refractivity (Wildman–Crippen MR) is 77.4 cm³/mol. The molecule has 3 nitrogen and oxygen atoms in total. The van der Waals surface area contributed by atoms with Crippen LogP contribution in [0.4, 0.5) is 0 Å². The first-order chi connectivity index (χ1) is 8.75. The fourth-order valence-electron chi connectivity index (χ4n) is 2.16. The first kappa shape index (κ1) is 11.2. The van der Waals surface area contributed by atoms with Crippen LogP contribution in [0.2, 0.25) is 0 Å². The predicted octanol–water partition coefficient (Wildman–Crippen LogP) is 1.88. The van der Waals surface area contributed by atoms with E-state index in [-0.39, 0.29) is 5.69 Å². The fraction of sp³-hybridized carbons (Fsp3) is 0.0714. The topological polar surface area (TPSA) is 37.8 Å². The molecule has 0 aliphatic heterocycles. The number of nitrogens with zero attached hydrogens (tertiary/aromatic N) is 1. The highest BCUT2D eigenvalue weighted by atomic mass is 31.0. The Bertz CT molecular complexity index is 743. The Morgan fingerprint density at radius 1 is 1.06 bits per heavy atom. The lowest BCUT2D eigenvalue weighted by molar-refractivity contribution is 0.788. The van der Waals surface area contributed by atoms with Crippen LogP contribution in [0.15, 0.2) is 53.3 Å². The standard InChI is InChI=1S/C14H13N2OP/c17-14-15-11-7-4-8-12(18)13(11)16(14)9-10-5-2-1-3-6-10/h1-8H,9,18H2,(H,15,17). The summed E-state index contributed by atoms with van der Waals surface area (Å²) >= 11 is 0. The second kappa shape index (κ2) is 4.43. The lowest BCUT2D eigenvalue weighted by atomic mass is 10.2. The highest BCUT2D eigenvalue weighted by Crippen LogP contribution is 2.11. The molecular formula is C14H13N2OP. The van der Waals surface area contributed by atoms with Crippen LogP contribution in [0.1, 0.15) is 5.56 Å². The fourth-order valence-corrected chi connectivity index (χ4v) is 2.59. The summed E-state index contributed by atoms with van der Waals surface area (Å²) in [7, 11) is 2.68. The van der Waals surface area contributed by atoms with Gasteiger partial charge in [0, 0.05) is 0 Å². The average molecular weight is 256 g/mol. The van der Waals surface area contributed by atoms with Crippen LogP contribution in [0.3, 0.4) is 0 Å². The molecule has 1 heterocycles. The van der Waals surface area contributed by atoms with Gasteiger partial charge in [0.05, 0.1) is 17.6 Å².